The number of urea groups is 1. The van der Waals surface area contributed by atoms with Crippen LogP contribution in [0.15, 0.2) is 18.2 Å². The quantitative estimate of drug-likeness (QED) is 0.756. The molecule has 2 aliphatic rings. The molecule has 7 heteroatoms. The number of benzene rings is 1. The van der Waals surface area contributed by atoms with E-state index in [4.69, 9.17) is 10.5 Å². The number of primary amides is 1. The third-order valence-electron chi connectivity index (χ3n) is 3.79. The van der Waals surface area contributed by atoms with E-state index in [1.54, 1.807) is 4.90 Å². The highest BCUT2D eigenvalue weighted by molar-refractivity contribution is 5.96. The lowest BCUT2D eigenvalue weighted by Crippen LogP contribution is -2.44. The number of nitrogens with one attached hydrogen (secondary N) is 2. The van der Waals surface area contributed by atoms with Crippen LogP contribution in [-0.2, 0) is 4.79 Å². The van der Waals surface area contributed by atoms with Gasteiger partial charge in [-0.2, -0.15) is 0 Å². The van der Waals surface area contributed by atoms with Gasteiger partial charge in [-0.15, -0.1) is 0 Å². The van der Waals surface area contributed by atoms with E-state index in [-0.39, 0.29) is 18.5 Å². The minimum Gasteiger partial charge on any atom is -0.482 e. The van der Waals surface area contributed by atoms with Crippen molar-refractivity contribution in [3.05, 3.63) is 18.2 Å². The van der Waals surface area contributed by atoms with E-state index in [0.29, 0.717) is 30.6 Å². The van der Waals surface area contributed by atoms with Crippen molar-refractivity contribution in [2.75, 3.05) is 30.3 Å². The Hall–Kier alpha value is -2.44. The number of hydrogen-bond donors (Lipinski definition) is 3. The fourth-order valence-corrected chi connectivity index (χ4v) is 2.65. The lowest BCUT2D eigenvalue weighted by molar-refractivity contribution is -0.118. The first-order chi connectivity index (χ1) is 10.1. The Balaban J connectivity index is 1.62. The van der Waals surface area contributed by atoms with Crippen LogP contribution in [0, 0.1) is 0 Å². The van der Waals surface area contributed by atoms with Crippen molar-refractivity contribution in [1.82, 2.24) is 4.90 Å². The molecule has 2 aliphatic heterocycles. The lowest BCUT2D eigenvalue weighted by atomic mass is 10.0. The lowest BCUT2D eigenvalue weighted by Gasteiger charge is -2.32. The van der Waals surface area contributed by atoms with Crippen LogP contribution in [0.2, 0.25) is 0 Å². The number of ether oxygens (including phenoxy) is 1. The zero-order chi connectivity index (χ0) is 14.8. The average molecular weight is 290 g/mol. The van der Waals surface area contributed by atoms with E-state index in [0.717, 1.165) is 18.5 Å². The third kappa shape index (κ3) is 3.01. The second kappa shape index (κ2) is 5.51. The van der Waals surface area contributed by atoms with E-state index >= 15 is 0 Å². The number of carbonyl (C=O) groups is 2. The highest BCUT2D eigenvalue weighted by atomic mass is 16.5. The van der Waals surface area contributed by atoms with Crippen LogP contribution in [0.5, 0.6) is 5.75 Å². The Bertz CT molecular complexity index is 567. The van der Waals surface area contributed by atoms with Gasteiger partial charge in [0.25, 0.3) is 5.91 Å². The molecule has 21 heavy (non-hydrogen) atoms. The maximum Gasteiger partial charge on any atom is 0.314 e. The smallest absolute Gasteiger partial charge is 0.314 e. The van der Waals surface area contributed by atoms with Crippen LogP contribution >= 0.6 is 0 Å². The minimum absolute atomic E-state index is 0.0609. The number of piperidine rings is 1. The van der Waals surface area contributed by atoms with Gasteiger partial charge in [-0.25, -0.2) is 4.79 Å². The molecule has 1 aromatic carbocycles. The molecular weight excluding hydrogens is 272 g/mol. The number of rotatable bonds is 2. The van der Waals surface area contributed by atoms with Gasteiger partial charge < -0.3 is 26.0 Å². The molecule has 1 aromatic rings. The molecular formula is C14H18N4O3. The maximum absolute atomic E-state index is 11.3. The number of nitrogens with zero attached hydrogens (tertiary/aromatic N) is 1. The van der Waals surface area contributed by atoms with Gasteiger partial charge >= 0.3 is 6.03 Å². The Labute approximate surface area is 122 Å². The summed E-state index contributed by atoms with van der Waals surface area (Å²) in [4.78, 5) is 24.1. The monoisotopic (exact) mass is 290 g/mol. The number of anilines is 2. The van der Waals surface area contributed by atoms with Gasteiger partial charge in [-0.1, -0.05) is 0 Å². The summed E-state index contributed by atoms with van der Waals surface area (Å²) in [7, 11) is 0. The van der Waals surface area contributed by atoms with Crippen molar-refractivity contribution in [3.8, 4) is 5.75 Å². The molecule has 0 unspecified atom stereocenters. The highest BCUT2D eigenvalue weighted by Crippen LogP contribution is 2.31. The first-order valence-corrected chi connectivity index (χ1v) is 6.99. The summed E-state index contributed by atoms with van der Waals surface area (Å²) in [6, 6.07) is 5.57. The van der Waals surface area contributed by atoms with Crippen molar-refractivity contribution in [1.29, 1.82) is 0 Å². The number of nitrogens with two attached hydrogens (primary N) is 1. The number of likely N-dealkylation sites (tertiary alicyclic amines) is 1. The van der Waals surface area contributed by atoms with Crippen LogP contribution in [0.1, 0.15) is 12.8 Å². The fourth-order valence-electron chi connectivity index (χ4n) is 2.65. The van der Waals surface area contributed by atoms with Gasteiger partial charge in [0, 0.05) is 24.8 Å². The molecule has 0 saturated carbocycles. The second-order valence-corrected chi connectivity index (χ2v) is 5.29. The molecule has 0 bridgehead atoms. The van der Waals surface area contributed by atoms with Crippen molar-refractivity contribution in [3.63, 3.8) is 0 Å². The van der Waals surface area contributed by atoms with E-state index in [1.807, 2.05) is 18.2 Å². The molecule has 112 valence electrons. The summed E-state index contributed by atoms with van der Waals surface area (Å²) >= 11 is 0. The molecule has 7 nitrogen and oxygen atoms in total. The molecule has 4 N–H and O–H groups in total. The Morgan fingerprint density at radius 1 is 1.38 bits per heavy atom. The van der Waals surface area contributed by atoms with Crippen LogP contribution in [0.4, 0.5) is 16.2 Å². The normalized spacial score (nSPS) is 18.5. The Kier molecular flexibility index (Phi) is 3.55. The summed E-state index contributed by atoms with van der Waals surface area (Å²) in [5.41, 5.74) is 6.88. The third-order valence-corrected chi connectivity index (χ3v) is 3.79. The zero-order valence-electron chi connectivity index (χ0n) is 11.6. The van der Waals surface area contributed by atoms with E-state index in [9.17, 15) is 9.59 Å². The first-order valence-electron chi connectivity index (χ1n) is 6.99. The molecule has 0 spiro atoms. The zero-order valence-corrected chi connectivity index (χ0v) is 11.6. The first kappa shape index (κ1) is 13.5. The van der Waals surface area contributed by atoms with E-state index in [1.165, 1.54) is 0 Å². The topological polar surface area (TPSA) is 96.7 Å². The molecule has 1 saturated heterocycles. The summed E-state index contributed by atoms with van der Waals surface area (Å²) in [6.45, 7) is 1.39. The number of amides is 3. The summed E-state index contributed by atoms with van der Waals surface area (Å²) < 4.78 is 5.32. The predicted octanol–water partition coefficient (Wildman–Crippen LogP) is 0.972. The van der Waals surface area contributed by atoms with Crippen molar-refractivity contribution in [2.24, 2.45) is 5.73 Å². The van der Waals surface area contributed by atoms with Crippen molar-refractivity contribution in [2.45, 2.75) is 18.9 Å². The summed E-state index contributed by atoms with van der Waals surface area (Å²) in [5.74, 6) is 0.540. The molecule has 0 radical (unpaired) electrons. The fraction of sp³-hybridized carbons (Fsp3) is 0.429. The number of carbonyl (C=O) groups excluding carboxylic acids is 2. The minimum atomic E-state index is -0.359. The summed E-state index contributed by atoms with van der Waals surface area (Å²) in [5, 5.41) is 6.21. The highest BCUT2D eigenvalue weighted by Gasteiger charge is 2.22. The second-order valence-electron chi connectivity index (χ2n) is 5.29. The average Bonchev–Trinajstić information content (AvgIpc) is 2.47. The molecule has 3 amide bonds. The largest absolute Gasteiger partial charge is 0.482 e. The van der Waals surface area contributed by atoms with Crippen LogP contribution in [0.3, 0.4) is 0 Å². The predicted molar refractivity (Wildman–Crippen MR) is 78.4 cm³/mol. The van der Waals surface area contributed by atoms with Crippen molar-refractivity contribution >= 4 is 23.3 Å². The standard InChI is InChI=1S/C14H18N4O3/c15-14(20)18-5-3-9(4-6-18)16-10-1-2-12-11(7-10)17-13(19)8-21-12/h1-2,7,9,16H,3-6,8H2,(H2,15,20)(H,17,19). The SMILES string of the molecule is NC(=O)N1CCC(Nc2ccc3c(c2)NC(=O)CO3)CC1. The summed E-state index contributed by atoms with van der Waals surface area (Å²) in [6.07, 6.45) is 1.70. The molecule has 3 rings (SSSR count). The number of hydrogen-bond acceptors (Lipinski definition) is 4. The number of fused-ring (bicyclic) bond motifs is 1. The Morgan fingerprint density at radius 3 is 2.86 bits per heavy atom. The van der Waals surface area contributed by atoms with Crippen LogP contribution < -0.4 is 21.1 Å². The Morgan fingerprint density at radius 2 is 2.14 bits per heavy atom. The van der Waals surface area contributed by atoms with Gasteiger partial charge in [-0.05, 0) is 31.0 Å². The molecule has 1 fully saturated rings. The van der Waals surface area contributed by atoms with Gasteiger partial charge in [0.15, 0.2) is 6.61 Å². The van der Waals surface area contributed by atoms with Gasteiger partial charge in [0.1, 0.15) is 5.75 Å². The van der Waals surface area contributed by atoms with Crippen molar-refractivity contribution < 1.29 is 14.3 Å². The molecule has 0 aromatic heterocycles. The van der Waals surface area contributed by atoms with Crippen LogP contribution in [-0.4, -0.2) is 42.6 Å². The van der Waals surface area contributed by atoms with E-state index in [2.05, 4.69) is 10.6 Å². The van der Waals surface area contributed by atoms with Gasteiger partial charge in [0.2, 0.25) is 0 Å². The molecule has 2 heterocycles. The van der Waals surface area contributed by atoms with Crippen LogP contribution in [0.25, 0.3) is 0 Å². The molecule has 0 aliphatic carbocycles. The van der Waals surface area contributed by atoms with Gasteiger partial charge in [0.05, 0.1) is 5.69 Å². The molecule has 0 atom stereocenters. The van der Waals surface area contributed by atoms with E-state index < -0.39 is 0 Å². The maximum atomic E-state index is 11.3. The van der Waals surface area contributed by atoms with Gasteiger partial charge in [-0.3, -0.25) is 4.79 Å².